The summed E-state index contributed by atoms with van der Waals surface area (Å²) in [6.07, 6.45) is -5.49. The number of hydrogen-bond acceptors (Lipinski definition) is 5. The summed E-state index contributed by atoms with van der Waals surface area (Å²) in [5, 5.41) is 10.8. The summed E-state index contributed by atoms with van der Waals surface area (Å²) in [7, 11) is 0.773. The van der Waals surface area contributed by atoms with Crippen LogP contribution in [0.15, 0.2) is 27.8 Å². The van der Waals surface area contributed by atoms with Crippen LogP contribution in [0.5, 0.6) is 5.75 Å². The monoisotopic (exact) mass is 509 g/mol. The minimum atomic E-state index is -4.99. The van der Waals surface area contributed by atoms with Gasteiger partial charge >= 0.3 is 17.8 Å². The number of nitrogens with one attached hydrogen (secondary N) is 1. The zero-order chi connectivity index (χ0) is 25.8. The second kappa shape index (κ2) is 10.7. The largest absolute Gasteiger partial charge is 0.481 e. The minimum Gasteiger partial charge on any atom is -0.481 e. The summed E-state index contributed by atoms with van der Waals surface area (Å²) in [5.41, 5.74) is -5.13. The van der Waals surface area contributed by atoms with Crippen LogP contribution in [-0.4, -0.2) is 38.8 Å². The van der Waals surface area contributed by atoms with Crippen molar-refractivity contribution < 1.29 is 37.0 Å². The Hall–Kier alpha value is -3.35. The van der Waals surface area contributed by atoms with E-state index in [0.717, 1.165) is 13.1 Å². The number of benzene rings is 1. The van der Waals surface area contributed by atoms with Crippen molar-refractivity contribution in [3.8, 4) is 11.4 Å². The van der Waals surface area contributed by atoms with Crippen LogP contribution >= 0.6 is 11.6 Å². The van der Waals surface area contributed by atoms with E-state index in [0.29, 0.717) is 18.9 Å². The van der Waals surface area contributed by atoms with Gasteiger partial charge in [0.15, 0.2) is 6.10 Å². The predicted octanol–water partition coefficient (Wildman–Crippen LogP) is 2.49. The summed E-state index contributed by atoms with van der Waals surface area (Å²) in [4.78, 5) is 47.3. The Kier molecular flexibility index (Phi) is 8.48. The number of rotatable bonds is 9. The van der Waals surface area contributed by atoms with Crippen LogP contribution in [0.25, 0.3) is 5.69 Å². The standard InChI is InChI=1S/C20H20ClF4N3O6/c1-10(18(32)26-6-4-3-5-17(30)31)34-14-8-13(12(22)7-11(14)21)28-16(29)9-15(20(23,24)25)27(2)19(28)33/h7-10H,3-6H2,1-2H3,(H,26,32)(H,30,31). The lowest BCUT2D eigenvalue weighted by Gasteiger charge is -2.18. The van der Waals surface area contributed by atoms with Gasteiger partial charge in [-0.15, -0.1) is 0 Å². The van der Waals surface area contributed by atoms with Gasteiger partial charge in [0.25, 0.3) is 11.5 Å². The number of alkyl halides is 3. The fourth-order valence-corrected chi connectivity index (χ4v) is 3.09. The lowest BCUT2D eigenvalue weighted by molar-refractivity contribution is -0.144. The van der Waals surface area contributed by atoms with Crippen LogP contribution in [0, 0.1) is 5.82 Å². The molecule has 1 aromatic carbocycles. The summed E-state index contributed by atoms with van der Waals surface area (Å²) >= 11 is 5.94. The maximum absolute atomic E-state index is 14.5. The smallest absolute Gasteiger partial charge is 0.431 e. The average molecular weight is 510 g/mol. The van der Waals surface area contributed by atoms with Gasteiger partial charge in [0.1, 0.15) is 17.3 Å². The van der Waals surface area contributed by atoms with Gasteiger partial charge in [-0.05, 0) is 25.8 Å². The quantitative estimate of drug-likeness (QED) is 0.396. The zero-order valence-electron chi connectivity index (χ0n) is 17.9. The predicted molar refractivity (Wildman–Crippen MR) is 112 cm³/mol. The normalized spacial score (nSPS) is 12.3. The third-order valence-corrected chi connectivity index (χ3v) is 4.94. The molecule has 34 heavy (non-hydrogen) atoms. The number of carboxylic acid groups (broad SMARTS) is 1. The van der Waals surface area contributed by atoms with Crippen molar-refractivity contribution in [2.45, 2.75) is 38.5 Å². The fraction of sp³-hybridized carbons (Fsp3) is 0.400. The zero-order valence-corrected chi connectivity index (χ0v) is 18.7. The highest BCUT2D eigenvalue weighted by Gasteiger charge is 2.35. The number of nitrogens with zero attached hydrogens (tertiary/aromatic N) is 2. The maximum Gasteiger partial charge on any atom is 0.431 e. The van der Waals surface area contributed by atoms with Crippen LogP contribution in [0.1, 0.15) is 31.9 Å². The molecule has 2 N–H and O–H groups in total. The van der Waals surface area contributed by atoms with Gasteiger partial charge in [-0.2, -0.15) is 13.2 Å². The van der Waals surface area contributed by atoms with E-state index in [1.54, 1.807) is 0 Å². The third kappa shape index (κ3) is 6.37. The Labute approximate surface area is 194 Å². The van der Waals surface area contributed by atoms with Crippen LogP contribution in [0.4, 0.5) is 17.6 Å². The molecule has 0 fully saturated rings. The number of aliphatic carboxylic acids is 1. The SMILES string of the molecule is CC(Oc1cc(-n2c(=O)cc(C(F)(F)F)n(C)c2=O)c(F)cc1Cl)C(=O)NCCCCC(=O)O. The number of amides is 1. The molecule has 2 rings (SSSR count). The molecule has 0 saturated heterocycles. The van der Waals surface area contributed by atoms with E-state index in [1.807, 2.05) is 0 Å². The third-order valence-electron chi connectivity index (χ3n) is 4.64. The first-order chi connectivity index (χ1) is 15.7. The Morgan fingerprint density at radius 2 is 1.85 bits per heavy atom. The number of carboxylic acids is 1. The van der Waals surface area contributed by atoms with Crippen molar-refractivity contribution >= 4 is 23.5 Å². The second-order valence-electron chi connectivity index (χ2n) is 7.18. The number of ether oxygens (including phenoxy) is 1. The first kappa shape index (κ1) is 26.9. The Morgan fingerprint density at radius 3 is 2.44 bits per heavy atom. The first-order valence-electron chi connectivity index (χ1n) is 9.80. The summed E-state index contributed by atoms with van der Waals surface area (Å²) in [6.45, 7) is 1.49. The number of halogens is 5. The molecule has 0 aliphatic heterocycles. The lowest BCUT2D eigenvalue weighted by atomic mass is 10.2. The first-order valence-corrected chi connectivity index (χ1v) is 10.2. The molecule has 2 aromatic rings. The highest BCUT2D eigenvalue weighted by Crippen LogP contribution is 2.30. The summed E-state index contributed by atoms with van der Waals surface area (Å²) < 4.78 is 59.4. The molecule has 0 aliphatic carbocycles. The molecule has 0 aliphatic rings. The number of carbonyl (C=O) groups is 2. The highest BCUT2D eigenvalue weighted by atomic mass is 35.5. The maximum atomic E-state index is 14.5. The molecule has 0 saturated carbocycles. The van der Waals surface area contributed by atoms with Gasteiger partial charge in [-0.3, -0.25) is 19.0 Å². The molecule has 9 nitrogen and oxygen atoms in total. The molecule has 1 atom stereocenters. The lowest BCUT2D eigenvalue weighted by Crippen LogP contribution is -2.41. The van der Waals surface area contributed by atoms with E-state index < -0.39 is 52.6 Å². The van der Waals surface area contributed by atoms with Crippen molar-refractivity contribution in [3.63, 3.8) is 0 Å². The molecule has 14 heteroatoms. The van der Waals surface area contributed by atoms with Crippen molar-refractivity contribution in [2.24, 2.45) is 7.05 Å². The van der Waals surface area contributed by atoms with Crippen LogP contribution in [0.3, 0.4) is 0 Å². The molecular weight excluding hydrogens is 490 g/mol. The number of carbonyl (C=O) groups excluding carboxylic acids is 1. The van der Waals surface area contributed by atoms with E-state index in [9.17, 15) is 36.7 Å². The van der Waals surface area contributed by atoms with Crippen molar-refractivity contribution in [1.82, 2.24) is 14.5 Å². The van der Waals surface area contributed by atoms with Gasteiger partial charge in [-0.25, -0.2) is 13.8 Å². The average Bonchev–Trinajstić information content (AvgIpc) is 2.72. The Morgan fingerprint density at radius 1 is 1.21 bits per heavy atom. The van der Waals surface area contributed by atoms with Crippen molar-refractivity contribution in [1.29, 1.82) is 0 Å². The van der Waals surface area contributed by atoms with Gasteiger partial charge in [0.2, 0.25) is 0 Å². The van der Waals surface area contributed by atoms with E-state index in [-0.39, 0.29) is 38.9 Å². The molecule has 1 aromatic heterocycles. The van der Waals surface area contributed by atoms with E-state index in [2.05, 4.69) is 5.32 Å². The molecule has 0 radical (unpaired) electrons. The molecule has 1 heterocycles. The van der Waals surface area contributed by atoms with Crippen molar-refractivity contribution in [2.75, 3.05) is 6.54 Å². The van der Waals surface area contributed by atoms with E-state index >= 15 is 0 Å². The molecule has 1 amide bonds. The van der Waals surface area contributed by atoms with Gasteiger partial charge in [0.05, 0.1) is 10.7 Å². The minimum absolute atomic E-state index is 0.0569. The highest BCUT2D eigenvalue weighted by molar-refractivity contribution is 6.32. The Bertz CT molecular complexity index is 1210. The van der Waals surface area contributed by atoms with E-state index in [1.165, 1.54) is 6.92 Å². The molecular formula is C20H20ClF4N3O6. The topological polar surface area (TPSA) is 120 Å². The number of aromatic nitrogens is 2. The van der Waals surface area contributed by atoms with Crippen molar-refractivity contribution in [3.05, 3.63) is 55.6 Å². The molecule has 186 valence electrons. The van der Waals surface area contributed by atoms with Crippen LogP contribution in [-0.2, 0) is 22.8 Å². The van der Waals surface area contributed by atoms with E-state index in [4.69, 9.17) is 21.4 Å². The fourth-order valence-electron chi connectivity index (χ4n) is 2.90. The molecule has 1 unspecified atom stereocenters. The van der Waals surface area contributed by atoms with Crippen LogP contribution < -0.4 is 21.3 Å². The van der Waals surface area contributed by atoms with Gasteiger partial charge < -0.3 is 15.2 Å². The molecule has 0 spiro atoms. The number of unbranched alkanes of at least 4 members (excludes halogenated alkanes) is 1. The molecule has 0 bridgehead atoms. The summed E-state index contributed by atoms with van der Waals surface area (Å²) in [6, 6.07) is 1.66. The Balaban J connectivity index is 2.31. The second-order valence-corrected chi connectivity index (χ2v) is 7.59. The van der Waals surface area contributed by atoms with Crippen LogP contribution in [0.2, 0.25) is 5.02 Å². The number of hydrogen-bond donors (Lipinski definition) is 2. The van der Waals surface area contributed by atoms with Gasteiger partial charge in [0, 0.05) is 32.1 Å². The van der Waals surface area contributed by atoms with Gasteiger partial charge in [-0.1, -0.05) is 11.6 Å². The summed E-state index contributed by atoms with van der Waals surface area (Å²) in [5.74, 6) is -3.07.